The second-order valence-corrected chi connectivity index (χ2v) is 5.85. The zero-order chi connectivity index (χ0) is 15.4. The number of phenolic OH excluding ortho intramolecular Hbond substituents is 1. The van der Waals surface area contributed by atoms with Crippen molar-refractivity contribution in [3.05, 3.63) is 70.9 Å². The summed E-state index contributed by atoms with van der Waals surface area (Å²) in [5.74, 6) is 0.151. The van der Waals surface area contributed by atoms with E-state index in [1.165, 1.54) is 6.42 Å². The van der Waals surface area contributed by atoms with Crippen molar-refractivity contribution in [2.75, 3.05) is 0 Å². The average Bonchev–Trinajstić information content (AvgIpc) is 2.58. The van der Waals surface area contributed by atoms with Crippen molar-refractivity contribution in [1.82, 2.24) is 0 Å². The van der Waals surface area contributed by atoms with Gasteiger partial charge in [0, 0.05) is 18.4 Å². The Hall–Kier alpha value is -2.29. The molecule has 114 valence electrons. The molecule has 0 bridgehead atoms. The molecule has 1 aliphatic carbocycles. The summed E-state index contributed by atoms with van der Waals surface area (Å²) in [5, 5.41) is 23.2. The Labute approximate surface area is 131 Å². The SMILES string of the molecule is [O-][N+](=C(c1ccccc1)c1ccccc1O)C1CCCCC1. The molecule has 2 aromatic rings. The van der Waals surface area contributed by atoms with E-state index >= 15 is 0 Å². The molecule has 0 amide bonds. The van der Waals surface area contributed by atoms with Crippen LogP contribution in [-0.4, -0.2) is 21.6 Å². The van der Waals surface area contributed by atoms with Gasteiger partial charge in [-0.3, -0.25) is 0 Å². The normalized spacial score (nSPS) is 17.1. The van der Waals surface area contributed by atoms with E-state index in [-0.39, 0.29) is 11.8 Å². The Kier molecular flexibility index (Phi) is 4.42. The highest BCUT2D eigenvalue weighted by Gasteiger charge is 2.26. The summed E-state index contributed by atoms with van der Waals surface area (Å²) in [6.45, 7) is 0. The van der Waals surface area contributed by atoms with Gasteiger partial charge in [-0.2, -0.15) is 0 Å². The van der Waals surface area contributed by atoms with Crippen molar-refractivity contribution >= 4 is 5.71 Å². The van der Waals surface area contributed by atoms with Crippen LogP contribution in [0.25, 0.3) is 0 Å². The number of hydrogen-bond donors (Lipinski definition) is 1. The lowest BCUT2D eigenvalue weighted by Gasteiger charge is -2.23. The Bertz CT molecular complexity index is 658. The maximum Gasteiger partial charge on any atom is 0.229 e. The first-order valence-corrected chi connectivity index (χ1v) is 7.94. The van der Waals surface area contributed by atoms with Gasteiger partial charge in [-0.25, -0.2) is 4.74 Å². The maximum absolute atomic E-state index is 13.0. The number of benzene rings is 2. The van der Waals surface area contributed by atoms with Crippen LogP contribution >= 0.6 is 0 Å². The minimum Gasteiger partial charge on any atom is -0.623 e. The summed E-state index contributed by atoms with van der Waals surface area (Å²) < 4.78 is 1.13. The molecule has 3 rings (SSSR count). The van der Waals surface area contributed by atoms with Crippen LogP contribution in [0, 0.1) is 5.21 Å². The van der Waals surface area contributed by atoms with Gasteiger partial charge >= 0.3 is 0 Å². The number of hydroxylamine groups is 1. The van der Waals surface area contributed by atoms with Crippen molar-refractivity contribution in [2.24, 2.45) is 0 Å². The largest absolute Gasteiger partial charge is 0.623 e. The minimum absolute atomic E-state index is 0.00330. The molecule has 0 atom stereocenters. The van der Waals surface area contributed by atoms with Crippen LogP contribution in [0.3, 0.4) is 0 Å². The quantitative estimate of drug-likeness (QED) is 0.401. The molecule has 0 radical (unpaired) electrons. The highest BCUT2D eigenvalue weighted by Crippen LogP contribution is 2.25. The van der Waals surface area contributed by atoms with E-state index in [1.807, 2.05) is 42.5 Å². The van der Waals surface area contributed by atoms with Crippen LogP contribution in [0.1, 0.15) is 43.2 Å². The zero-order valence-electron chi connectivity index (χ0n) is 12.6. The second-order valence-electron chi connectivity index (χ2n) is 5.85. The monoisotopic (exact) mass is 295 g/mol. The van der Waals surface area contributed by atoms with Crippen LogP contribution in [0.5, 0.6) is 5.75 Å². The van der Waals surface area contributed by atoms with Crippen LogP contribution in [0.2, 0.25) is 0 Å². The summed E-state index contributed by atoms with van der Waals surface area (Å²) in [5.41, 5.74) is 2.03. The Morgan fingerprint density at radius 2 is 1.55 bits per heavy atom. The van der Waals surface area contributed by atoms with Crippen LogP contribution in [0.4, 0.5) is 0 Å². The molecule has 0 aromatic heterocycles. The molecule has 0 saturated heterocycles. The molecule has 0 unspecified atom stereocenters. The van der Waals surface area contributed by atoms with Gasteiger partial charge in [-0.05, 0) is 37.1 Å². The lowest BCUT2D eigenvalue weighted by molar-refractivity contribution is -0.504. The topological polar surface area (TPSA) is 46.3 Å². The van der Waals surface area contributed by atoms with E-state index in [1.54, 1.807) is 12.1 Å². The molecule has 1 saturated carbocycles. The van der Waals surface area contributed by atoms with Gasteiger partial charge in [0.25, 0.3) is 0 Å². The molecular formula is C19H21NO2. The molecule has 2 aromatic carbocycles. The summed E-state index contributed by atoms with van der Waals surface area (Å²) >= 11 is 0. The minimum atomic E-state index is 0.00330. The van der Waals surface area contributed by atoms with Crippen molar-refractivity contribution in [3.8, 4) is 5.75 Å². The predicted molar refractivity (Wildman–Crippen MR) is 88.3 cm³/mol. The maximum atomic E-state index is 13.0. The highest BCUT2D eigenvalue weighted by molar-refractivity contribution is 6.11. The van der Waals surface area contributed by atoms with Crippen molar-refractivity contribution in [3.63, 3.8) is 0 Å². The molecule has 0 spiro atoms. The third-order valence-electron chi connectivity index (χ3n) is 4.33. The van der Waals surface area contributed by atoms with Gasteiger partial charge in [0.05, 0.1) is 5.56 Å². The lowest BCUT2D eigenvalue weighted by atomic mass is 9.94. The van der Waals surface area contributed by atoms with Gasteiger partial charge in [-0.1, -0.05) is 36.8 Å². The van der Waals surface area contributed by atoms with Crippen LogP contribution in [-0.2, 0) is 0 Å². The Balaban J connectivity index is 2.13. The summed E-state index contributed by atoms with van der Waals surface area (Å²) in [7, 11) is 0. The fraction of sp³-hybridized carbons (Fsp3) is 0.316. The van der Waals surface area contributed by atoms with Gasteiger partial charge in [0.2, 0.25) is 5.71 Å². The third-order valence-corrected chi connectivity index (χ3v) is 4.33. The second kappa shape index (κ2) is 6.65. The van der Waals surface area contributed by atoms with Crippen molar-refractivity contribution in [1.29, 1.82) is 0 Å². The molecule has 1 N–H and O–H groups in total. The van der Waals surface area contributed by atoms with Gasteiger partial charge in [0.1, 0.15) is 5.75 Å². The zero-order valence-corrected chi connectivity index (χ0v) is 12.6. The number of aromatic hydroxyl groups is 1. The van der Waals surface area contributed by atoms with Gasteiger partial charge < -0.3 is 10.3 Å². The number of nitrogens with zero attached hydrogens (tertiary/aromatic N) is 1. The molecule has 3 heteroatoms. The van der Waals surface area contributed by atoms with Crippen molar-refractivity contribution < 1.29 is 9.85 Å². The first kappa shape index (κ1) is 14.6. The molecular weight excluding hydrogens is 274 g/mol. The fourth-order valence-electron chi connectivity index (χ4n) is 3.17. The molecule has 0 aliphatic heterocycles. The predicted octanol–water partition coefficient (Wildman–Crippen LogP) is 4.07. The lowest BCUT2D eigenvalue weighted by Crippen LogP contribution is -2.30. The molecule has 3 nitrogen and oxygen atoms in total. The Morgan fingerprint density at radius 1 is 0.909 bits per heavy atom. The van der Waals surface area contributed by atoms with Crippen LogP contribution in [0.15, 0.2) is 54.6 Å². The highest BCUT2D eigenvalue weighted by atomic mass is 16.5. The van der Waals surface area contributed by atoms with Crippen LogP contribution < -0.4 is 0 Å². The smallest absolute Gasteiger partial charge is 0.229 e. The van der Waals surface area contributed by atoms with E-state index in [4.69, 9.17) is 0 Å². The number of rotatable bonds is 3. The molecule has 1 aliphatic rings. The van der Waals surface area contributed by atoms with E-state index in [0.29, 0.717) is 11.3 Å². The van der Waals surface area contributed by atoms with Gasteiger partial charge in [0.15, 0.2) is 6.04 Å². The van der Waals surface area contributed by atoms with E-state index in [2.05, 4.69) is 0 Å². The molecule has 0 heterocycles. The Morgan fingerprint density at radius 3 is 2.23 bits per heavy atom. The molecule has 1 fully saturated rings. The first-order chi connectivity index (χ1) is 10.8. The van der Waals surface area contributed by atoms with E-state index in [0.717, 1.165) is 36.0 Å². The standard InChI is InChI=1S/C19H21NO2/c21-18-14-8-7-13-17(18)19(15-9-3-1-4-10-15)20(22)16-11-5-2-6-12-16/h1,3-4,7-10,13-14,16,21H,2,5-6,11-12H2. The van der Waals surface area contributed by atoms with E-state index < -0.39 is 0 Å². The number of hydrogen-bond acceptors (Lipinski definition) is 2. The van der Waals surface area contributed by atoms with Gasteiger partial charge in [-0.15, -0.1) is 0 Å². The summed E-state index contributed by atoms with van der Waals surface area (Å²) in [6, 6.07) is 16.7. The number of para-hydroxylation sites is 1. The number of phenols is 1. The summed E-state index contributed by atoms with van der Waals surface area (Å²) in [4.78, 5) is 0. The van der Waals surface area contributed by atoms with E-state index in [9.17, 15) is 10.3 Å². The average molecular weight is 295 g/mol. The summed E-state index contributed by atoms with van der Waals surface area (Å²) in [6.07, 6.45) is 5.26. The third kappa shape index (κ3) is 2.98. The van der Waals surface area contributed by atoms with Crippen molar-refractivity contribution in [2.45, 2.75) is 38.1 Å². The first-order valence-electron chi connectivity index (χ1n) is 7.94. The fourth-order valence-corrected chi connectivity index (χ4v) is 3.17. The molecule has 22 heavy (non-hydrogen) atoms.